The van der Waals surface area contributed by atoms with Crippen molar-refractivity contribution in [2.75, 3.05) is 13.2 Å². The minimum Gasteiger partial charge on any atom is -0.487 e. The highest BCUT2D eigenvalue weighted by atomic mass is 32.1. The third-order valence-corrected chi connectivity index (χ3v) is 14.6. The molecule has 0 atom stereocenters. The fourth-order valence-corrected chi connectivity index (χ4v) is 17.4. The van der Waals surface area contributed by atoms with Gasteiger partial charge in [-0.05, 0) is 44.2 Å². The first-order chi connectivity index (χ1) is 7.79. The highest BCUT2D eigenvalue weighted by Gasteiger charge is 2.46. The third kappa shape index (κ3) is 4.15. The number of thiocarbonyl (C=S) groups is 1. The van der Waals surface area contributed by atoms with Crippen LogP contribution in [0.1, 0.15) is 19.8 Å². The van der Waals surface area contributed by atoms with Crippen molar-refractivity contribution in [2.24, 2.45) is 0 Å². The van der Waals surface area contributed by atoms with Gasteiger partial charge in [0, 0.05) is 6.42 Å². The molecule has 1 fully saturated rings. The number of rotatable bonds is 5. The van der Waals surface area contributed by atoms with Crippen LogP contribution < -0.4 is 0 Å². The molecule has 0 bridgehead atoms. The smallest absolute Gasteiger partial charge is 0.159 e. The van der Waals surface area contributed by atoms with Gasteiger partial charge in [0.25, 0.3) is 0 Å². The molecule has 1 aliphatic heterocycles. The van der Waals surface area contributed by atoms with Crippen molar-refractivity contribution in [3.05, 3.63) is 0 Å². The molecule has 0 N–H and O–H groups in total. The Bertz CT molecular complexity index is 266. The molecule has 0 unspecified atom stereocenters. The summed E-state index contributed by atoms with van der Waals surface area (Å²) in [5, 5.41) is 0.797. The molecule has 0 saturated carbocycles. The van der Waals surface area contributed by atoms with E-state index >= 15 is 0 Å². The van der Waals surface area contributed by atoms with Gasteiger partial charge >= 0.3 is 0 Å². The molecule has 0 spiro atoms. The summed E-state index contributed by atoms with van der Waals surface area (Å²) in [7, 11) is -2.17. The highest BCUT2D eigenvalue weighted by Crippen LogP contribution is 2.36. The molecule has 100 valence electrons. The third-order valence-electron chi connectivity index (χ3n) is 3.88. The monoisotopic (exact) mass is 289 g/mol. The van der Waals surface area contributed by atoms with E-state index in [2.05, 4.69) is 30.4 Å². The largest absolute Gasteiger partial charge is 0.487 e. The second kappa shape index (κ2) is 5.95. The van der Waals surface area contributed by atoms with Crippen LogP contribution in [0.3, 0.4) is 0 Å². The normalized spacial score (nSPS) is 22.6. The first-order valence-electron chi connectivity index (χ1n) is 6.73. The van der Waals surface area contributed by atoms with Crippen LogP contribution in [0, 0.1) is 0 Å². The van der Waals surface area contributed by atoms with Gasteiger partial charge in [-0.3, -0.25) is 0 Å². The predicted octanol–water partition coefficient (Wildman–Crippen LogP) is 3.86. The lowest BCUT2D eigenvalue weighted by atomic mass is 10.3. The molecule has 0 radical (unpaired) electrons. The van der Waals surface area contributed by atoms with Gasteiger partial charge in [-0.1, -0.05) is 26.2 Å². The first-order valence-corrected chi connectivity index (χ1v) is 13.4. The predicted molar refractivity (Wildman–Crippen MR) is 84.7 cm³/mol. The number of hydrogen-bond acceptors (Lipinski definition) is 3. The van der Waals surface area contributed by atoms with Crippen LogP contribution in [0.4, 0.5) is 0 Å². The van der Waals surface area contributed by atoms with Crippen molar-refractivity contribution < 1.29 is 4.74 Å². The standard InChI is InChI=1S/C12H27NOSSi2/c1-6-14-12(15)8-7-9-13-16(2,3)10-11-17(13,4)5/h6-11H2,1-5H3. The van der Waals surface area contributed by atoms with Crippen LogP contribution in [-0.4, -0.2) is 38.9 Å². The SMILES string of the molecule is CCOC(=S)CCCN1[Si](C)(C)CC[Si]1(C)C. The molecular weight excluding hydrogens is 262 g/mol. The van der Waals surface area contributed by atoms with Gasteiger partial charge in [0.1, 0.15) is 16.5 Å². The van der Waals surface area contributed by atoms with E-state index < -0.39 is 16.5 Å². The zero-order chi connectivity index (χ0) is 13.1. The van der Waals surface area contributed by atoms with Crippen molar-refractivity contribution in [2.45, 2.75) is 58.0 Å². The summed E-state index contributed by atoms with van der Waals surface area (Å²) in [6.45, 7) is 14.0. The Labute approximate surface area is 114 Å². The molecule has 1 rings (SSSR count). The Morgan fingerprint density at radius 3 is 2.18 bits per heavy atom. The lowest BCUT2D eigenvalue weighted by Crippen LogP contribution is -2.55. The quantitative estimate of drug-likeness (QED) is 0.563. The molecule has 0 aromatic rings. The van der Waals surface area contributed by atoms with Gasteiger partial charge < -0.3 is 8.97 Å². The van der Waals surface area contributed by atoms with Gasteiger partial charge in [-0.2, -0.15) is 0 Å². The van der Waals surface area contributed by atoms with Crippen molar-refractivity contribution in [1.29, 1.82) is 0 Å². The highest BCUT2D eigenvalue weighted by molar-refractivity contribution is 7.80. The minimum absolute atomic E-state index is 0.711. The van der Waals surface area contributed by atoms with Crippen LogP contribution in [-0.2, 0) is 4.74 Å². The number of ether oxygens (including phenoxy) is 1. The molecule has 1 saturated heterocycles. The molecule has 0 amide bonds. The van der Waals surface area contributed by atoms with Gasteiger partial charge in [-0.15, -0.1) is 0 Å². The maximum atomic E-state index is 5.35. The summed E-state index contributed by atoms with van der Waals surface area (Å²) >= 11 is 5.19. The van der Waals surface area contributed by atoms with E-state index in [0.29, 0.717) is 6.61 Å². The van der Waals surface area contributed by atoms with Gasteiger partial charge in [0.05, 0.1) is 6.61 Å². The molecule has 17 heavy (non-hydrogen) atoms. The number of hydrogen-bond donors (Lipinski definition) is 0. The molecule has 1 heterocycles. The summed E-state index contributed by atoms with van der Waals surface area (Å²) in [5.74, 6) is 0. The van der Waals surface area contributed by atoms with Crippen molar-refractivity contribution in [1.82, 2.24) is 4.23 Å². The zero-order valence-corrected chi connectivity index (χ0v) is 14.8. The van der Waals surface area contributed by atoms with Gasteiger partial charge in [0.2, 0.25) is 0 Å². The van der Waals surface area contributed by atoms with Crippen LogP contribution in [0.15, 0.2) is 0 Å². The Morgan fingerprint density at radius 2 is 1.71 bits per heavy atom. The fourth-order valence-electron chi connectivity index (χ4n) is 2.92. The summed E-state index contributed by atoms with van der Waals surface area (Å²) in [6.07, 6.45) is 2.13. The Kier molecular flexibility index (Phi) is 5.37. The van der Waals surface area contributed by atoms with E-state index in [4.69, 9.17) is 17.0 Å². The lowest BCUT2D eigenvalue weighted by molar-refractivity contribution is 0.325. The fraction of sp³-hybridized carbons (Fsp3) is 0.917. The molecular formula is C12H27NOSSi2. The van der Waals surface area contributed by atoms with E-state index in [0.717, 1.165) is 11.5 Å². The molecule has 0 aromatic heterocycles. The Balaban J connectivity index is 2.42. The lowest BCUT2D eigenvalue weighted by Gasteiger charge is -2.38. The maximum absolute atomic E-state index is 5.35. The first kappa shape index (κ1) is 15.3. The van der Waals surface area contributed by atoms with E-state index in [1.165, 1.54) is 25.1 Å². The summed E-state index contributed by atoms with van der Waals surface area (Å²) in [4.78, 5) is 0. The summed E-state index contributed by atoms with van der Waals surface area (Å²) in [6, 6.07) is 2.98. The molecule has 0 aliphatic carbocycles. The molecule has 2 nitrogen and oxygen atoms in total. The molecule has 5 heteroatoms. The van der Waals surface area contributed by atoms with Gasteiger partial charge in [0.15, 0.2) is 5.05 Å². The second-order valence-corrected chi connectivity index (χ2v) is 16.4. The van der Waals surface area contributed by atoms with Crippen LogP contribution in [0.25, 0.3) is 0 Å². The van der Waals surface area contributed by atoms with Crippen molar-refractivity contribution >= 4 is 33.7 Å². The number of nitrogens with zero attached hydrogens (tertiary/aromatic N) is 1. The Morgan fingerprint density at radius 1 is 1.18 bits per heavy atom. The summed E-state index contributed by atoms with van der Waals surface area (Å²) < 4.78 is 8.26. The minimum atomic E-state index is -1.08. The topological polar surface area (TPSA) is 12.5 Å². The zero-order valence-electron chi connectivity index (χ0n) is 12.0. The molecule has 1 aliphatic rings. The van der Waals surface area contributed by atoms with Crippen LogP contribution >= 0.6 is 12.2 Å². The van der Waals surface area contributed by atoms with Gasteiger partial charge in [-0.25, -0.2) is 0 Å². The maximum Gasteiger partial charge on any atom is 0.159 e. The van der Waals surface area contributed by atoms with E-state index in [-0.39, 0.29) is 0 Å². The average Bonchev–Trinajstić information content (AvgIpc) is 2.41. The van der Waals surface area contributed by atoms with Crippen LogP contribution in [0.2, 0.25) is 38.3 Å². The van der Waals surface area contributed by atoms with Crippen molar-refractivity contribution in [3.63, 3.8) is 0 Å². The van der Waals surface area contributed by atoms with Crippen molar-refractivity contribution in [3.8, 4) is 0 Å². The van der Waals surface area contributed by atoms with Crippen LogP contribution in [0.5, 0.6) is 0 Å². The average molecular weight is 290 g/mol. The molecule has 0 aromatic carbocycles. The second-order valence-electron chi connectivity index (χ2n) is 6.19. The van der Waals surface area contributed by atoms with E-state index in [1.54, 1.807) is 0 Å². The summed E-state index contributed by atoms with van der Waals surface area (Å²) in [5.41, 5.74) is 0. The van der Waals surface area contributed by atoms with E-state index in [1.807, 2.05) is 6.92 Å². The van der Waals surface area contributed by atoms with E-state index in [9.17, 15) is 0 Å². The Hall–Kier alpha value is 0.284.